The van der Waals surface area contributed by atoms with Gasteiger partial charge in [0, 0.05) is 17.2 Å². The van der Waals surface area contributed by atoms with Crippen molar-refractivity contribution in [3.8, 4) is 5.75 Å². The molecular weight excluding hydrogens is 600 g/mol. The average molecular weight is 631 g/mol. The molecule has 1 heterocycles. The number of rotatable bonds is 9. The van der Waals surface area contributed by atoms with Crippen LogP contribution in [0, 0.1) is 6.92 Å². The molecule has 0 fully saturated rings. The van der Waals surface area contributed by atoms with Crippen LogP contribution in [-0.4, -0.2) is 25.5 Å². The van der Waals surface area contributed by atoms with Gasteiger partial charge >= 0.3 is 12.1 Å². The van der Waals surface area contributed by atoms with Gasteiger partial charge in [-0.3, -0.25) is 4.79 Å². The van der Waals surface area contributed by atoms with E-state index in [-0.39, 0.29) is 35.3 Å². The largest absolute Gasteiger partial charge is 0.461 e. The number of nitrogens with zero attached hydrogens (tertiary/aromatic N) is 2. The lowest BCUT2D eigenvalue weighted by Gasteiger charge is -2.23. The molecule has 1 aromatic heterocycles. The molecular formula is C37H30N2O6S. The zero-order valence-electron chi connectivity index (χ0n) is 25.0. The summed E-state index contributed by atoms with van der Waals surface area (Å²) in [6, 6.07) is 36.5. The first-order valence-corrected chi connectivity index (χ1v) is 16.1. The number of anilines is 1. The molecule has 46 heavy (non-hydrogen) atoms. The van der Waals surface area contributed by atoms with Crippen molar-refractivity contribution < 1.29 is 27.5 Å². The van der Waals surface area contributed by atoms with E-state index in [0.717, 1.165) is 16.7 Å². The van der Waals surface area contributed by atoms with Gasteiger partial charge in [-0.05, 0) is 73.0 Å². The summed E-state index contributed by atoms with van der Waals surface area (Å²) in [5, 5.41) is 1.13. The lowest BCUT2D eigenvalue weighted by Crippen LogP contribution is -2.39. The second-order valence-corrected chi connectivity index (χ2v) is 12.5. The highest BCUT2D eigenvalue weighted by atomic mass is 32.2. The smallest absolute Gasteiger partial charge is 0.434 e. The number of esters is 1. The fourth-order valence-corrected chi connectivity index (χ4v) is 6.38. The molecule has 0 atom stereocenters. The monoisotopic (exact) mass is 630 g/mol. The summed E-state index contributed by atoms with van der Waals surface area (Å²) in [4.78, 5) is 31.0. The van der Waals surface area contributed by atoms with Crippen LogP contribution in [0.3, 0.4) is 0 Å². The van der Waals surface area contributed by atoms with Gasteiger partial charge < -0.3 is 9.47 Å². The number of aryl methyl sites for hydroxylation is 2. The first kappa shape index (κ1) is 30.5. The van der Waals surface area contributed by atoms with Crippen molar-refractivity contribution in [1.29, 1.82) is 0 Å². The van der Waals surface area contributed by atoms with Gasteiger partial charge in [0.1, 0.15) is 6.61 Å². The molecule has 8 nitrogen and oxygen atoms in total. The third kappa shape index (κ3) is 6.60. The molecule has 6 aromatic rings. The Bertz CT molecular complexity index is 2080. The van der Waals surface area contributed by atoms with Crippen molar-refractivity contribution in [1.82, 2.24) is 4.98 Å². The molecule has 0 radical (unpaired) electrons. The van der Waals surface area contributed by atoms with Crippen LogP contribution in [0.5, 0.6) is 5.75 Å². The van der Waals surface area contributed by atoms with Crippen LogP contribution in [0.1, 0.15) is 23.1 Å². The minimum atomic E-state index is -4.40. The van der Waals surface area contributed by atoms with Crippen LogP contribution in [0.2, 0.25) is 0 Å². The van der Waals surface area contributed by atoms with Gasteiger partial charge in [0.2, 0.25) is 0 Å². The number of ether oxygens (including phenoxy) is 2. The number of pyridine rings is 1. The standard InChI is InChI=1S/C37H30N2O6S/c1-26-15-22-30(23-16-26)46(42,43)39(29-20-17-27(18-21-29)19-24-35(40)44-25-28-9-3-2-4-10-28)37(41)45-36-31-11-5-7-13-33(31)38-34-14-8-6-12-32(34)36/h2-18,20-23H,19,24-25H2,1H3. The Morgan fingerprint density at radius 3 is 1.91 bits per heavy atom. The van der Waals surface area contributed by atoms with Crippen LogP contribution < -0.4 is 9.04 Å². The van der Waals surface area contributed by atoms with Crippen molar-refractivity contribution in [2.24, 2.45) is 0 Å². The van der Waals surface area contributed by atoms with Crippen LogP contribution in [0.25, 0.3) is 21.8 Å². The Labute approximate surface area is 266 Å². The topological polar surface area (TPSA) is 103 Å². The number of carbonyl (C=O) groups is 2. The number of hydrogen-bond acceptors (Lipinski definition) is 7. The Hall–Kier alpha value is -5.54. The molecule has 0 unspecified atom stereocenters. The second kappa shape index (κ2) is 13.2. The Balaban J connectivity index is 1.29. The van der Waals surface area contributed by atoms with E-state index >= 15 is 0 Å². The highest BCUT2D eigenvalue weighted by molar-refractivity contribution is 7.93. The van der Waals surface area contributed by atoms with E-state index < -0.39 is 16.1 Å². The number of para-hydroxylation sites is 2. The summed E-state index contributed by atoms with van der Waals surface area (Å²) in [5.41, 5.74) is 3.83. The lowest BCUT2D eigenvalue weighted by atomic mass is 10.1. The van der Waals surface area contributed by atoms with Crippen LogP contribution in [0.4, 0.5) is 10.5 Å². The highest BCUT2D eigenvalue weighted by Gasteiger charge is 2.33. The van der Waals surface area contributed by atoms with E-state index in [2.05, 4.69) is 4.98 Å². The molecule has 1 amide bonds. The number of benzene rings is 5. The summed E-state index contributed by atoms with van der Waals surface area (Å²) in [7, 11) is -4.40. The molecule has 0 N–H and O–H groups in total. The predicted molar refractivity (Wildman–Crippen MR) is 177 cm³/mol. The van der Waals surface area contributed by atoms with Gasteiger partial charge in [-0.25, -0.2) is 18.2 Å². The van der Waals surface area contributed by atoms with Gasteiger partial charge in [0.15, 0.2) is 5.75 Å². The minimum absolute atomic E-state index is 0.0651. The summed E-state index contributed by atoms with van der Waals surface area (Å²) < 4.78 is 40.1. The molecule has 5 aromatic carbocycles. The molecule has 0 saturated carbocycles. The van der Waals surface area contributed by atoms with E-state index in [0.29, 0.717) is 32.5 Å². The number of fused-ring (bicyclic) bond motifs is 2. The van der Waals surface area contributed by atoms with Gasteiger partial charge in [0.05, 0.1) is 21.6 Å². The number of hydrogen-bond donors (Lipinski definition) is 0. The molecule has 0 bridgehead atoms. The summed E-state index contributed by atoms with van der Waals surface area (Å²) >= 11 is 0. The van der Waals surface area contributed by atoms with Crippen molar-refractivity contribution in [3.05, 3.63) is 144 Å². The number of carbonyl (C=O) groups excluding carboxylic acids is 2. The van der Waals surface area contributed by atoms with Crippen LogP contribution in [0.15, 0.2) is 132 Å². The summed E-state index contributed by atoms with van der Waals surface area (Å²) in [6.45, 7) is 2.03. The minimum Gasteiger partial charge on any atom is -0.461 e. The van der Waals surface area contributed by atoms with Gasteiger partial charge in [-0.15, -0.1) is 0 Å². The van der Waals surface area contributed by atoms with Crippen molar-refractivity contribution >= 4 is 49.6 Å². The third-order valence-corrected chi connectivity index (χ3v) is 9.19. The Kier molecular flexibility index (Phi) is 8.76. The maximum absolute atomic E-state index is 14.0. The first-order valence-electron chi connectivity index (χ1n) is 14.7. The molecule has 0 saturated heterocycles. The molecule has 0 aliphatic heterocycles. The first-order chi connectivity index (χ1) is 22.3. The quantitative estimate of drug-likeness (QED) is 0.119. The summed E-state index contributed by atoms with van der Waals surface area (Å²) in [6.07, 6.45) is -0.584. The van der Waals surface area contributed by atoms with Gasteiger partial charge in [-0.1, -0.05) is 84.4 Å². The van der Waals surface area contributed by atoms with E-state index in [1.54, 1.807) is 60.7 Å². The van der Waals surface area contributed by atoms with Crippen LogP contribution in [-0.2, 0) is 32.6 Å². The van der Waals surface area contributed by atoms with Crippen molar-refractivity contribution in [2.75, 3.05) is 4.31 Å². The van der Waals surface area contributed by atoms with Gasteiger partial charge in [-0.2, -0.15) is 4.31 Å². The fourth-order valence-electron chi connectivity index (χ4n) is 5.05. The average Bonchev–Trinajstić information content (AvgIpc) is 3.07. The third-order valence-electron chi connectivity index (χ3n) is 7.48. The fraction of sp³-hybridized carbons (Fsp3) is 0.108. The van der Waals surface area contributed by atoms with E-state index in [1.165, 1.54) is 24.3 Å². The SMILES string of the molecule is Cc1ccc(S(=O)(=O)N(C(=O)Oc2c3ccccc3nc3ccccc23)c2ccc(CCC(=O)OCc3ccccc3)cc2)cc1. The zero-order valence-corrected chi connectivity index (χ0v) is 25.8. The molecule has 9 heteroatoms. The molecule has 230 valence electrons. The highest BCUT2D eigenvalue weighted by Crippen LogP contribution is 2.34. The maximum atomic E-state index is 14.0. The lowest BCUT2D eigenvalue weighted by molar-refractivity contribution is -0.144. The number of sulfonamides is 1. The molecule has 6 rings (SSSR count). The summed E-state index contributed by atoms with van der Waals surface area (Å²) in [5.74, 6) is -0.141. The van der Waals surface area contributed by atoms with E-state index in [4.69, 9.17) is 9.47 Å². The molecule has 0 aliphatic rings. The van der Waals surface area contributed by atoms with Crippen molar-refractivity contribution in [3.63, 3.8) is 0 Å². The number of aromatic nitrogens is 1. The Morgan fingerprint density at radius 2 is 1.28 bits per heavy atom. The van der Waals surface area contributed by atoms with Crippen LogP contribution >= 0.6 is 0 Å². The van der Waals surface area contributed by atoms with E-state index in [9.17, 15) is 18.0 Å². The second-order valence-electron chi connectivity index (χ2n) is 10.7. The predicted octanol–water partition coefficient (Wildman–Crippen LogP) is 7.77. The molecule has 0 spiro atoms. The maximum Gasteiger partial charge on any atom is 0.434 e. The van der Waals surface area contributed by atoms with Gasteiger partial charge in [0.25, 0.3) is 10.0 Å². The normalized spacial score (nSPS) is 11.3. The van der Waals surface area contributed by atoms with Crippen molar-refractivity contribution in [2.45, 2.75) is 31.3 Å². The molecule has 0 aliphatic carbocycles. The van der Waals surface area contributed by atoms with E-state index in [1.807, 2.05) is 49.4 Å². The number of amides is 1. The zero-order chi connectivity index (χ0) is 32.1. The Morgan fingerprint density at radius 1 is 0.696 bits per heavy atom.